The van der Waals surface area contributed by atoms with E-state index in [1.807, 2.05) is 19.1 Å². The first-order chi connectivity index (χ1) is 9.10. The summed E-state index contributed by atoms with van der Waals surface area (Å²) in [4.78, 5) is 0. The Morgan fingerprint density at radius 1 is 1.16 bits per heavy atom. The van der Waals surface area contributed by atoms with Gasteiger partial charge in [-0.25, -0.2) is 0 Å². The summed E-state index contributed by atoms with van der Waals surface area (Å²) in [6, 6.07) is 14.7. The first kappa shape index (κ1) is 14.3. The number of hydrogen-bond acceptors (Lipinski definition) is 2. The molecule has 0 heterocycles. The highest BCUT2D eigenvalue weighted by atomic mass is 127. The molecule has 0 radical (unpaired) electrons. The van der Waals surface area contributed by atoms with Crippen molar-refractivity contribution in [2.45, 2.75) is 19.4 Å². The van der Waals surface area contributed by atoms with Crippen LogP contribution in [0.5, 0.6) is 5.75 Å². The van der Waals surface area contributed by atoms with Gasteiger partial charge >= 0.3 is 0 Å². The van der Waals surface area contributed by atoms with Gasteiger partial charge in [0.15, 0.2) is 0 Å². The summed E-state index contributed by atoms with van der Waals surface area (Å²) in [5, 5.41) is 0. The molecule has 2 aromatic rings. The molecule has 3 heteroatoms. The normalized spacial score (nSPS) is 12.2. The summed E-state index contributed by atoms with van der Waals surface area (Å²) in [6.07, 6.45) is 0.850. The van der Waals surface area contributed by atoms with Crippen LogP contribution in [-0.4, -0.2) is 7.11 Å². The number of halogens is 1. The highest BCUT2D eigenvalue weighted by molar-refractivity contribution is 14.1. The van der Waals surface area contributed by atoms with Gasteiger partial charge in [-0.15, -0.1) is 0 Å². The van der Waals surface area contributed by atoms with E-state index in [-0.39, 0.29) is 6.04 Å². The first-order valence-electron chi connectivity index (χ1n) is 6.24. The molecule has 0 bridgehead atoms. The third-order valence-electron chi connectivity index (χ3n) is 3.22. The van der Waals surface area contributed by atoms with Crippen LogP contribution in [0.25, 0.3) is 0 Å². The van der Waals surface area contributed by atoms with Crippen molar-refractivity contribution in [3.05, 3.63) is 62.7 Å². The van der Waals surface area contributed by atoms with Crippen molar-refractivity contribution < 1.29 is 4.74 Å². The Morgan fingerprint density at radius 2 is 1.84 bits per heavy atom. The summed E-state index contributed by atoms with van der Waals surface area (Å²) in [7, 11) is 1.69. The summed E-state index contributed by atoms with van der Waals surface area (Å²) in [5.41, 5.74) is 9.82. The van der Waals surface area contributed by atoms with Crippen molar-refractivity contribution in [2.24, 2.45) is 5.73 Å². The largest absolute Gasteiger partial charge is 0.496 e. The summed E-state index contributed by atoms with van der Waals surface area (Å²) in [5.74, 6) is 0.908. The Labute approximate surface area is 128 Å². The topological polar surface area (TPSA) is 35.2 Å². The number of rotatable bonds is 4. The van der Waals surface area contributed by atoms with Crippen molar-refractivity contribution in [3.63, 3.8) is 0 Å². The summed E-state index contributed by atoms with van der Waals surface area (Å²) in [6.45, 7) is 2.04. The zero-order valence-corrected chi connectivity index (χ0v) is 13.3. The number of aryl methyl sites for hydroxylation is 1. The van der Waals surface area contributed by atoms with Crippen LogP contribution < -0.4 is 10.5 Å². The number of nitrogens with two attached hydrogens (primary N) is 1. The highest BCUT2D eigenvalue weighted by Crippen LogP contribution is 2.23. The molecular weight excluding hydrogens is 349 g/mol. The Morgan fingerprint density at radius 3 is 2.42 bits per heavy atom. The van der Waals surface area contributed by atoms with Crippen LogP contribution in [-0.2, 0) is 6.42 Å². The van der Waals surface area contributed by atoms with Gasteiger partial charge in [0.2, 0.25) is 0 Å². The van der Waals surface area contributed by atoms with E-state index in [9.17, 15) is 0 Å². The minimum Gasteiger partial charge on any atom is -0.496 e. The summed E-state index contributed by atoms with van der Waals surface area (Å²) < 4.78 is 6.52. The van der Waals surface area contributed by atoms with Crippen LogP contribution in [0.1, 0.15) is 22.7 Å². The lowest BCUT2D eigenvalue weighted by molar-refractivity contribution is 0.411. The standard InChI is InChI=1S/C16H18INO/c1-11-9-13(5-8-16(11)19-2)15(18)10-12-3-6-14(17)7-4-12/h3-9,15H,10,18H2,1-2H3. The van der Waals surface area contributed by atoms with Crippen LogP contribution in [0.3, 0.4) is 0 Å². The van der Waals surface area contributed by atoms with E-state index in [1.165, 1.54) is 9.13 Å². The average molecular weight is 367 g/mol. The molecule has 0 aliphatic carbocycles. The minimum absolute atomic E-state index is 0.0182. The fourth-order valence-electron chi connectivity index (χ4n) is 2.12. The molecule has 2 nitrogen and oxygen atoms in total. The minimum atomic E-state index is 0.0182. The molecule has 2 N–H and O–H groups in total. The van der Waals surface area contributed by atoms with Crippen molar-refractivity contribution in [3.8, 4) is 5.75 Å². The van der Waals surface area contributed by atoms with Crippen LogP contribution >= 0.6 is 22.6 Å². The maximum absolute atomic E-state index is 6.28. The second-order valence-electron chi connectivity index (χ2n) is 4.67. The number of hydrogen-bond donors (Lipinski definition) is 1. The van der Waals surface area contributed by atoms with Gasteiger partial charge in [0, 0.05) is 9.61 Å². The maximum Gasteiger partial charge on any atom is 0.121 e. The quantitative estimate of drug-likeness (QED) is 0.834. The molecule has 0 saturated carbocycles. The second-order valence-corrected chi connectivity index (χ2v) is 5.91. The molecule has 2 rings (SSSR count). The lowest BCUT2D eigenvalue weighted by atomic mass is 9.98. The van der Waals surface area contributed by atoms with Gasteiger partial charge in [0.05, 0.1) is 7.11 Å². The van der Waals surface area contributed by atoms with E-state index in [2.05, 4.69) is 52.9 Å². The second kappa shape index (κ2) is 6.39. The lowest BCUT2D eigenvalue weighted by Crippen LogP contribution is -2.13. The van der Waals surface area contributed by atoms with E-state index in [0.29, 0.717) is 0 Å². The number of ether oxygens (including phenoxy) is 1. The fourth-order valence-corrected chi connectivity index (χ4v) is 2.48. The SMILES string of the molecule is COc1ccc(C(N)Cc2ccc(I)cc2)cc1C. The number of benzene rings is 2. The zero-order chi connectivity index (χ0) is 13.8. The van der Waals surface area contributed by atoms with E-state index >= 15 is 0 Å². The molecule has 1 atom stereocenters. The molecular formula is C16H18INO. The molecule has 100 valence electrons. The molecule has 0 amide bonds. The molecule has 0 fully saturated rings. The maximum atomic E-state index is 6.28. The van der Waals surface area contributed by atoms with Crippen LogP contribution in [0, 0.1) is 10.5 Å². The Bertz CT molecular complexity index is 551. The van der Waals surface area contributed by atoms with E-state index in [0.717, 1.165) is 23.3 Å². The van der Waals surface area contributed by atoms with E-state index < -0.39 is 0 Å². The molecule has 0 saturated heterocycles. The Hall–Kier alpha value is -1.07. The average Bonchev–Trinajstić information content (AvgIpc) is 2.41. The molecule has 0 spiro atoms. The Kier molecular flexibility index (Phi) is 4.82. The predicted molar refractivity (Wildman–Crippen MR) is 87.5 cm³/mol. The van der Waals surface area contributed by atoms with Crippen molar-refractivity contribution in [2.75, 3.05) is 7.11 Å². The predicted octanol–water partition coefficient (Wildman–Crippen LogP) is 3.85. The molecule has 0 aliphatic rings. The summed E-state index contributed by atoms with van der Waals surface area (Å²) >= 11 is 2.31. The van der Waals surface area contributed by atoms with Gasteiger partial charge in [0.1, 0.15) is 5.75 Å². The zero-order valence-electron chi connectivity index (χ0n) is 11.2. The van der Waals surface area contributed by atoms with Crippen molar-refractivity contribution in [1.29, 1.82) is 0 Å². The van der Waals surface area contributed by atoms with Crippen molar-refractivity contribution >= 4 is 22.6 Å². The fraction of sp³-hybridized carbons (Fsp3) is 0.250. The monoisotopic (exact) mass is 367 g/mol. The van der Waals surface area contributed by atoms with Gasteiger partial charge < -0.3 is 10.5 Å². The van der Waals surface area contributed by atoms with Gasteiger partial charge in [-0.2, -0.15) is 0 Å². The lowest BCUT2D eigenvalue weighted by Gasteiger charge is -2.14. The van der Waals surface area contributed by atoms with Crippen LogP contribution in [0.15, 0.2) is 42.5 Å². The van der Waals surface area contributed by atoms with Crippen LogP contribution in [0.2, 0.25) is 0 Å². The van der Waals surface area contributed by atoms with Gasteiger partial charge in [-0.3, -0.25) is 0 Å². The van der Waals surface area contributed by atoms with Gasteiger partial charge in [0.25, 0.3) is 0 Å². The smallest absolute Gasteiger partial charge is 0.121 e. The molecule has 0 aromatic heterocycles. The van der Waals surface area contributed by atoms with Crippen molar-refractivity contribution in [1.82, 2.24) is 0 Å². The van der Waals surface area contributed by atoms with Crippen LogP contribution in [0.4, 0.5) is 0 Å². The van der Waals surface area contributed by atoms with Gasteiger partial charge in [-0.05, 0) is 70.8 Å². The van der Waals surface area contributed by atoms with Gasteiger partial charge in [-0.1, -0.05) is 24.3 Å². The Balaban J connectivity index is 2.13. The molecule has 19 heavy (non-hydrogen) atoms. The third-order valence-corrected chi connectivity index (χ3v) is 3.94. The van der Waals surface area contributed by atoms with E-state index in [4.69, 9.17) is 10.5 Å². The molecule has 2 aromatic carbocycles. The molecule has 0 aliphatic heterocycles. The number of methoxy groups -OCH3 is 1. The van der Waals surface area contributed by atoms with E-state index in [1.54, 1.807) is 7.11 Å². The highest BCUT2D eigenvalue weighted by Gasteiger charge is 2.09. The molecule has 1 unspecified atom stereocenters. The third kappa shape index (κ3) is 3.70. The first-order valence-corrected chi connectivity index (χ1v) is 7.32.